The van der Waals surface area contributed by atoms with Gasteiger partial charge in [0, 0.05) is 0 Å². The Morgan fingerprint density at radius 3 is 2.43 bits per heavy atom. The number of hydrogen-bond acceptors (Lipinski definition) is 4. The maximum Gasteiger partial charge on any atom is 0.573 e. The second-order valence-electron chi connectivity index (χ2n) is 5.51. The Labute approximate surface area is 156 Å². The van der Waals surface area contributed by atoms with Crippen molar-refractivity contribution in [2.45, 2.75) is 13.0 Å². The average molecular weight is 395 g/mol. The van der Waals surface area contributed by atoms with Gasteiger partial charge in [0.05, 0.1) is 5.69 Å². The molecule has 28 heavy (non-hydrogen) atoms. The van der Waals surface area contributed by atoms with Crippen LogP contribution in [-0.4, -0.2) is 12.3 Å². The van der Waals surface area contributed by atoms with E-state index in [1.54, 1.807) is 0 Å². The molecule has 0 bridgehead atoms. The quantitative estimate of drug-likeness (QED) is 0.587. The summed E-state index contributed by atoms with van der Waals surface area (Å²) in [5.41, 5.74) is -0.162. The van der Waals surface area contributed by atoms with Gasteiger partial charge in [-0.25, -0.2) is 4.39 Å². The first kappa shape index (κ1) is 19.3. The third kappa shape index (κ3) is 5.26. The van der Waals surface area contributed by atoms with Crippen molar-refractivity contribution in [1.82, 2.24) is 0 Å². The number of rotatable bonds is 6. The lowest BCUT2D eigenvalue weighted by Crippen LogP contribution is -2.19. The highest BCUT2D eigenvalue weighted by Crippen LogP contribution is 2.30. The van der Waals surface area contributed by atoms with Gasteiger partial charge in [0.2, 0.25) is 0 Å². The van der Waals surface area contributed by atoms with Crippen LogP contribution in [-0.2, 0) is 6.61 Å². The Kier molecular flexibility index (Phi) is 5.53. The summed E-state index contributed by atoms with van der Waals surface area (Å²) in [6.07, 6.45) is -4.89. The van der Waals surface area contributed by atoms with Crippen molar-refractivity contribution >= 4 is 11.6 Å². The van der Waals surface area contributed by atoms with Crippen molar-refractivity contribution in [1.29, 1.82) is 0 Å². The number of furan rings is 1. The Balaban J connectivity index is 1.64. The van der Waals surface area contributed by atoms with E-state index in [0.29, 0.717) is 11.5 Å². The Bertz CT molecular complexity index is 951. The number of carbonyl (C=O) groups excluding carboxylic acids is 1. The van der Waals surface area contributed by atoms with E-state index in [4.69, 9.17) is 9.15 Å². The van der Waals surface area contributed by atoms with Gasteiger partial charge in [0.1, 0.15) is 23.9 Å². The van der Waals surface area contributed by atoms with Gasteiger partial charge in [-0.15, -0.1) is 13.2 Å². The number of alkyl halides is 3. The SMILES string of the molecule is O=C(Nc1ccccc1OC(F)(F)F)c1ccc(COc2ccc(F)cc2)o1. The summed E-state index contributed by atoms with van der Waals surface area (Å²) < 4.78 is 64.8. The molecule has 0 radical (unpaired) electrons. The third-order valence-corrected chi connectivity index (χ3v) is 3.44. The van der Waals surface area contributed by atoms with Crippen LogP contribution in [0.1, 0.15) is 16.3 Å². The van der Waals surface area contributed by atoms with E-state index >= 15 is 0 Å². The van der Waals surface area contributed by atoms with Crippen LogP contribution in [0.25, 0.3) is 0 Å². The monoisotopic (exact) mass is 395 g/mol. The highest BCUT2D eigenvalue weighted by Gasteiger charge is 2.32. The van der Waals surface area contributed by atoms with E-state index in [1.807, 2.05) is 0 Å². The van der Waals surface area contributed by atoms with Crippen molar-refractivity contribution in [2.24, 2.45) is 0 Å². The number of amides is 1. The molecule has 0 saturated heterocycles. The summed E-state index contributed by atoms with van der Waals surface area (Å²) in [5.74, 6) is -1.13. The number of hydrogen-bond donors (Lipinski definition) is 1. The molecule has 0 fully saturated rings. The fourth-order valence-electron chi connectivity index (χ4n) is 2.23. The highest BCUT2D eigenvalue weighted by atomic mass is 19.4. The number of anilines is 1. The largest absolute Gasteiger partial charge is 0.573 e. The van der Waals surface area contributed by atoms with Crippen molar-refractivity contribution in [3.8, 4) is 11.5 Å². The van der Waals surface area contributed by atoms with E-state index in [2.05, 4.69) is 10.1 Å². The van der Waals surface area contributed by atoms with Crippen LogP contribution in [0.4, 0.5) is 23.2 Å². The maximum absolute atomic E-state index is 12.9. The molecule has 1 aromatic heterocycles. The molecule has 146 valence electrons. The molecule has 0 unspecified atom stereocenters. The summed E-state index contributed by atoms with van der Waals surface area (Å²) >= 11 is 0. The average Bonchev–Trinajstić information content (AvgIpc) is 3.11. The lowest BCUT2D eigenvalue weighted by molar-refractivity contribution is -0.274. The molecule has 0 aliphatic heterocycles. The molecular weight excluding hydrogens is 382 g/mol. The number of benzene rings is 2. The van der Waals surface area contributed by atoms with E-state index < -0.39 is 23.8 Å². The molecule has 0 aliphatic carbocycles. The number of para-hydroxylation sites is 2. The first-order valence-corrected chi connectivity index (χ1v) is 7.93. The summed E-state index contributed by atoms with van der Waals surface area (Å²) in [7, 11) is 0. The molecule has 5 nitrogen and oxygen atoms in total. The smallest absolute Gasteiger partial charge is 0.486 e. The van der Waals surface area contributed by atoms with Gasteiger partial charge < -0.3 is 19.2 Å². The minimum atomic E-state index is -4.89. The summed E-state index contributed by atoms with van der Waals surface area (Å²) in [4.78, 5) is 12.2. The molecule has 2 aromatic carbocycles. The van der Waals surface area contributed by atoms with Crippen LogP contribution in [0.5, 0.6) is 11.5 Å². The Morgan fingerprint density at radius 2 is 1.71 bits per heavy atom. The van der Waals surface area contributed by atoms with Crippen molar-refractivity contribution in [3.05, 3.63) is 78.0 Å². The molecular formula is C19H13F4NO4. The van der Waals surface area contributed by atoms with Gasteiger partial charge in [-0.3, -0.25) is 4.79 Å². The number of carbonyl (C=O) groups is 1. The Morgan fingerprint density at radius 1 is 1.00 bits per heavy atom. The topological polar surface area (TPSA) is 60.7 Å². The summed E-state index contributed by atoms with van der Waals surface area (Å²) in [6, 6.07) is 13.3. The molecule has 0 aliphatic rings. The minimum absolute atomic E-state index is 0.0211. The van der Waals surface area contributed by atoms with E-state index in [1.165, 1.54) is 54.6 Å². The summed E-state index contributed by atoms with van der Waals surface area (Å²) in [6.45, 7) is -0.0211. The predicted octanol–water partition coefficient (Wildman–Crippen LogP) is 5.15. The molecule has 1 heterocycles. The lowest BCUT2D eigenvalue weighted by atomic mass is 10.3. The zero-order chi connectivity index (χ0) is 20.1. The van der Waals surface area contributed by atoms with Crippen LogP contribution in [0, 0.1) is 5.82 Å². The van der Waals surface area contributed by atoms with Crippen LogP contribution in [0.2, 0.25) is 0 Å². The van der Waals surface area contributed by atoms with Gasteiger partial charge in [0.25, 0.3) is 5.91 Å². The fourth-order valence-corrected chi connectivity index (χ4v) is 2.23. The number of ether oxygens (including phenoxy) is 2. The number of nitrogens with one attached hydrogen (secondary N) is 1. The molecule has 3 aromatic rings. The minimum Gasteiger partial charge on any atom is -0.486 e. The van der Waals surface area contributed by atoms with E-state index in [-0.39, 0.29) is 18.1 Å². The van der Waals surface area contributed by atoms with Gasteiger partial charge >= 0.3 is 6.36 Å². The molecule has 3 rings (SSSR count). The molecule has 0 atom stereocenters. The van der Waals surface area contributed by atoms with E-state index in [0.717, 1.165) is 6.07 Å². The van der Waals surface area contributed by atoms with Crippen LogP contribution in [0.15, 0.2) is 65.1 Å². The predicted molar refractivity (Wildman–Crippen MR) is 90.5 cm³/mol. The molecule has 1 N–H and O–H groups in total. The van der Waals surface area contributed by atoms with Crippen LogP contribution in [0.3, 0.4) is 0 Å². The second-order valence-corrected chi connectivity index (χ2v) is 5.51. The highest BCUT2D eigenvalue weighted by molar-refractivity contribution is 6.03. The molecule has 0 spiro atoms. The zero-order valence-corrected chi connectivity index (χ0v) is 14.1. The van der Waals surface area contributed by atoms with Gasteiger partial charge in [-0.2, -0.15) is 0 Å². The van der Waals surface area contributed by atoms with Gasteiger partial charge in [-0.05, 0) is 48.5 Å². The van der Waals surface area contributed by atoms with Crippen molar-refractivity contribution in [3.63, 3.8) is 0 Å². The van der Waals surface area contributed by atoms with Gasteiger partial charge in [-0.1, -0.05) is 12.1 Å². The zero-order valence-electron chi connectivity index (χ0n) is 14.1. The molecule has 9 heteroatoms. The standard InChI is InChI=1S/C19H13F4NO4/c20-12-5-7-13(8-6-12)26-11-14-9-10-17(27-14)18(25)24-15-3-1-2-4-16(15)28-19(21,22)23/h1-10H,11H2,(H,24,25). The maximum atomic E-state index is 12.9. The van der Waals surface area contributed by atoms with Crippen LogP contribution < -0.4 is 14.8 Å². The van der Waals surface area contributed by atoms with Crippen molar-refractivity contribution < 1.29 is 36.2 Å². The first-order valence-electron chi connectivity index (χ1n) is 7.93. The first-order chi connectivity index (χ1) is 13.3. The lowest BCUT2D eigenvalue weighted by Gasteiger charge is -2.13. The van der Waals surface area contributed by atoms with Crippen LogP contribution >= 0.6 is 0 Å². The number of halogens is 4. The molecule has 1 amide bonds. The second kappa shape index (κ2) is 8.03. The summed E-state index contributed by atoms with van der Waals surface area (Å²) in [5, 5.41) is 2.30. The van der Waals surface area contributed by atoms with Crippen molar-refractivity contribution in [2.75, 3.05) is 5.32 Å². The molecule has 0 saturated carbocycles. The van der Waals surface area contributed by atoms with E-state index in [9.17, 15) is 22.4 Å². The normalized spacial score (nSPS) is 11.1. The fraction of sp³-hybridized carbons (Fsp3) is 0.105. The van der Waals surface area contributed by atoms with Gasteiger partial charge in [0.15, 0.2) is 11.5 Å². The third-order valence-electron chi connectivity index (χ3n) is 3.44. The Hall–Kier alpha value is -3.49.